The van der Waals surface area contributed by atoms with Crippen LogP contribution in [0.15, 0.2) is 23.1 Å². The van der Waals surface area contributed by atoms with Gasteiger partial charge in [-0.25, -0.2) is 8.42 Å². The summed E-state index contributed by atoms with van der Waals surface area (Å²) in [6.45, 7) is 0.404. The van der Waals surface area contributed by atoms with Gasteiger partial charge in [0.25, 0.3) is 5.91 Å². The molecule has 2 heterocycles. The molecule has 1 saturated heterocycles. The van der Waals surface area contributed by atoms with Crippen LogP contribution in [0.4, 0.5) is 5.69 Å². The average molecular weight is 347 g/mol. The third-order valence-corrected chi connectivity index (χ3v) is 5.76. The molecule has 3 rings (SSSR count). The number of aryl methyl sites for hydroxylation is 1. The molecule has 1 aromatic rings. The zero-order valence-corrected chi connectivity index (χ0v) is 13.6. The molecule has 0 radical (unpaired) electrons. The van der Waals surface area contributed by atoms with E-state index in [9.17, 15) is 13.2 Å². The van der Waals surface area contributed by atoms with Crippen molar-refractivity contribution in [1.82, 2.24) is 0 Å². The fourth-order valence-corrected chi connectivity index (χ4v) is 4.36. The van der Waals surface area contributed by atoms with Crippen molar-refractivity contribution in [3.63, 3.8) is 0 Å². The molecule has 6 nitrogen and oxygen atoms in total. The highest BCUT2D eigenvalue weighted by molar-refractivity contribution is 7.91. The number of rotatable bonds is 3. The van der Waals surface area contributed by atoms with Gasteiger partial charge < -0.3 is 15.8 Å². The molecule has 0 spiro atoms. The van der Waals surface area contributed by atoms with Crippen LogP contribution in [0, 0.1) is 0 Å². The number of halogens is 1. The number of carbonyl (C=O) groups is 1. The summed E-state index contributed by atoms with van der Waals surface area (Å²) in [5.41, 5.74) is 6.82. The monoisotopic (exact) mass is 346 g/mol. The average Bonchev–Trinajstić information content (AvgIpc) is 3.04. The van der Waals surface area contributed by atoms with Gasteiger partial charge in [0.15, 0.2) is 9.84 Å². The molecule has 0 bridgehead atoms. The number of fused-ring (bicyclic) bond motifs is 1. The Bertz CT molecular complexity index is 677. The van der Waals surface area contributed by atoms with Crippen molar-refractivity contribution in [1.29, 1.82) is 0 Å². The Hall–Kier alpha value is -1.15. The topological polar surface area (TPSA) is 98.5 Å². The van der Waals surface area contributed by atoms with Gasteiger partial charge in [0.2, 0.25) is 0 Å². The summed E-state index contributed by atoms with van der Waals surface area (Å²) in [6, 6.07) is 5.02. The number of benzene rings is 1. The second-order valence-corrected chi connectivity index (χ2v) is 7.52. The molecule has 0 aliphatic carbocycles. The molecule has 1 aromatic carbocycles. The third kappa shape index (κ3) is 3.27. The predicted octanol–water partition coefficient (Wildman–Crippen LogP) is 0.883. The number of anilines is 1. The molecule has 1 amide bonds. The number of carbonyl (C=O) groups excluding carboxylic acids is 1. The van der Waals surface area contributed by atoms with Crippen molar-refractivity contribution < 1.29 is 17.9 Å². The van der Waals surface area contributed by atoms with Crippen molar-refractivity contribution in [2.45, 2.75) is 36.4 Å². The maximum atomic E-state index is 12.1. The Morgan fingerprint density at radius 3 is 2.82 bits per heavy atom. The van der Waals surface area contributed by atoms with Crippen LogP contribution >= 0.6 is 12.4 Å². The minimum atomic E-state index is -3.19. The van der Waals surface area contributed by atoms with E-state index in [1.165, 1.54) is 6.07 Å². The lowest BCUT2D eigenvalue weighted by Gasteiger charge is -2.13. The van der Waals surface area contributed by atoms with Crippen LogP contribution in [0.1, 0.15) is 18.4 Å². The lowest BCUT2D eigenvalue weighted by Crippen LogP contribution is -2.29. The van der Waals surface area contributed by atoms with Crippen LogP contribution in [0.5, 0.6) is 0 Å². The van der Waals surface area contributed by atoms with E-state index in [0.717, 1.165) is 12.0 Å². The summed E-state index contributed by atoms with van der Waals surface area (Å²) < 4.78 is 29.3. The number of sulfone groups is 1. The number of nitrogens with two attached hydrogens (primary N) is 1. The first-order valence-corrected chi connectivity index (χ1v) is 8.67. The Morgan fingerprint density at radius 1 is 1.36 bits per heavy atom. The van der Waals surface area contributed by atoms with Gasteiger partial charge in [0, 0.05) is 12.2 Å². The number of nitrogens with one attached hydrogen (secondary N) is 1. The highest BCUT2D eigenvalue weighted by Gasteiger charge is 2.31. The number of ether oxygens (including phenoxy) is 1. The summed E-state index contributed by atoms with van der Waals surface area (Å²) in [7, 11) is -3.19. The number of hydrogen-bond acceptors (Lipinski definition) is 5. The second kappa shape index (κ2) is 6.54. The highest BCUT2D eigenvalue weighted by atomic mass is 35.5. The van der Waals surface area contributed by atoms with E-state index in [-0.39, 0.29) is 30.2 Å². The van der Waals surface area contributed by atoms with Crippen molar-refractivity contribution >= 4 is 33.8 Å². The quantitative estimate of drug-likeness (QED) is 0.846. The fourth-order valence-electron chi connectivity index (χ4n) is 2.78. The van der Waals surface area contributed by atoms with Gasteiger partial charge in [-0.05, 0) is 37.0 Å². The molecule has 22 heavy (non-hydrogen) atoms. The predicted molar refractivity (Wildman–Crippen MR) is 85.0 cm³/mol. The molecule has 2 atom stereocenters. The normalized spacial score (nSPS) is 25.3. The number of hydrogen-bond donors (Lipinski definition) is 2. The zero-order chi connectivity index (χ0) is 15.0. The molecule has 2 aliphatic rings. The molecule has 2 aliphatic heterocycles. The first kappa shape index (κ1) is 17.2. The molecule has 0 aromatic heterocycles. The molecule has 0 unspecified atom stereocenters. The van der Waals surface area contributed by atoms with Crippen molar-refractivity contribution in [3.05, 3.63) is 23.8 Å². The largest absolute Gasteiger partial charge is 0.364 e. The van der Waals surface area contributed by atoms with E-state index in [1.807, 2.05) is 0 Å². The van der Waals surface area contributed by atoms with Crippen LogP contribution in [0.3, 0.4) is 0 Å². The standard InChI is InChI=1S/C14H18N2O4S.ClH/c15-8-11-3-4-12(20-11)14(17)16-10-2-1-9-5-6-21(18,19)13(9)7-10;/h1-2,7,11-12H,3-6,8,15H2,(H,16,17);1H/t11-,12+;/m1./s1. The molecular formula is C14H19ClN2O4S. The van der Waals surface area contributed by atoms with Gasteiger partial charge in [0.05, 0.1) is 16.8 Å². The first-order valence-electron chi connectivity index (χ1n) is 7.01. The van der Waals surface area contributed by atoms with Crippen LogP contribution in [0.2, 0.25) is 0 Å². The van der Waals surface area contributed by atoms with Gasteiger partial charge >= 0.3 is 0 Å². The highest BCUT2D eigenvalue weighted by Crippen LogP contribution is 2.29. The zero-order valence-electron chi connectivity index (χ0n) is 11.9. The van der Waals surface area contributed by atoms with Crippen LogP contribution < -0.4 is 11.1 Å². The molecular weight excluding hydrogens is 328 g/mol. The van der Waals surface area contributed by atoms with Crippen molar-refractivity contribution in [2.75, 3.05) is 17.6 Å². The van der Waals surface area contributed by atoms with Crippen molar-refractivity contribution in [2.24, 2.45) is 5.73 Å². The van der Waals surface area contributed by atoms with E-state index in [4.69, 9.17) is 10.5 Å². The fraction of sp³-hybridized carbons (Fsp3) is 0.500. The van der Waals surface area contributed by atoms with E-state index in [0.29, 0.717) is 30.0 Å². The van der Waals surface area contributed by atoms with Gasteiger partial charge in [-0.15, -0.1) is 12.4 Å². The molecule has 122 valence electrons. The van der Waals surface area contributed by atoms with E-state index in [2.05, 4.69) is 5.32 Å². The van der Waals surface area contributed by atoms with Gasteiger partial charge in [-0.2, -0.15) is 0 Å². The Kier molecular flexibility index (Phi) is 5.11. The van der Waals surface area contributed by atoms with Gasteiger partial charge in [-0.1, -0.05) is 6.07 Å². The van der Waals surface area contributed by atoms with Gasteiger partial charge in [0.1, 0.15) is 6.10 Å². The summed E-state index contributed by atoms with van der Waals surface area (Å²) in [5, 5.41) is 2.73. The van der Waals surface area contributed by atoms with Crippen LogP contribution in [-0.4, -0.2) is 38.8 Å². The Labute approximate surface area is 135 Å². The van der Waals surface area contributed by atoms with Crippen LogP contribution in [0.25, 0.3) is 0 Å². The summed E-state index contributed by atoms with van der Waals surface area (Å²) in [5.74, 6) is -0.106. The summed E-state index contributed by atoms with van der Waals surface area (Å²) >= 11 is 0. The maximum absolute atomic E-state index is 12.1. The summed E-state index contributed by atoms with van der Waals surface area (Å²) in [6.07, 6.45) is 1.37. The van der Waals surface area contributed by atoms with E-state index < -0.39 is 15.9 Å². The first-order chi connectivity index (χ1) is 9.99. The minimum absolute atomic E-state index is 0. The smallest absolute Gasteiger partial charge is 0.253 e. The van der Waals surface area contributed by atoms with E-state index in [1.54, 1.807) is 12.1 Å². The van der Waals surface area contributed by atoms with Crippen LogP contribution in [-0.2, 0) is 25.8 Å². The third-order valence-electron chi connectivity index (χ3n) is 3.97. The van der Waals surface area contributed by atoms with E-state index >= 15 is 0 Å². The molecule has 0 saturated carbocycles. The lowest BCUT2D eigenvalue weighted by atomic mass is 10.1. The molecule has 8 heteroatoms. The lowest BCUT2D eigenvalue weighted by molar-refractivity contribution is -0.126. The SMILES string of the molecule is Cl.NC[C@H]1CC[C@@H](C(=O)Nc2ccc3c(c2)S(=O)(=O)CC3)O1. The Balaban J connectivity index is 0.00000176. The summed E-state index contributed by atoms with van der Waals surface area (Å²) in [4.78, 5) is 12.4. The minimum Gasteiger partial charge on any atom is -0.364 e. The molecule has 1 fully saturated rings. The van der Waals surface area contributed by atoms with Gasteiger partial charge in [-0.3, -0.25) is 4.79 Å². The molecule has 3 N–H and O–H groups in total. The number of amides is 1. The van der Waals surface area contributed by atoms with Crippen molar-refractivity contribution in [3.8, 4) is 0 Å². The maximum Gasteiger partial charge on any atom is 0.253 e. The Morgan fingerprint density at radius 2 is 2.14 bits per heavy atom. The second-order valence-electron chi connectivity index (χ2n) is 5.44.